The highest BCUT2D eigenvalue weighted by atomic mass is 15.1. The van der Waals surface area contributed by atoms with Crippen molar-refractivity contribution in [1.82, 2.24) is 9.97 Å². The summed E-state index contributed by atoms with van der Waals surface area (Å²) in [6.07, 6.45) is 2.09. The Hall–Kier alpha value is -1.45. The van der Waals surface area contributed by atoms with E-state index in [0.29, 0.717) is 17.4 Å². The van der Waals surface area contributed by atoms with Crippen molar-refractivity contribution < 1.29 is 0 Å². The monoisotopic (exact) mass is 234 g/mol. The molecule has 4 nitrogen and oxygen atoms in total. The molecular weight excluding hydrogens is 212 g/mol. The second-order valence-electron chi connectivity index (χ2n) is 4.37. The van der Waals surface area contributed by atoms with Crippen LogP contribution in [0, 0.1) is 19.3 Å². The molecule has 0 unspecified atom stereocenters. The standard InChI is InChI=1S/C13H22N4/c1-6-11(7-2)17-13-12(8(3)14)15-9(4)10(5)16-13/h11,14H,6-7H2,1-5H3,(H,16,17). The van der Waals surface area contributed by atoms with E-state index in [0.717, 1.165) is 30.0 Å². The molecular formula is C13H22N4. The minimum atomic E-state index is 0.393. The Labute approximate surface area is 103 Å². The first-order valence-electron chi connectivity index (χ1n) is 6.16. The third-order valence-corrected chi connectivity index (χ3v) is 2.99. The minimum Gasteiger partial charge on any atom is -0.366 e. The molecule has 0 saturated carbocycles. The SMILES string of the molecule is CCC(CC)Nc1nc(C)c(C)nc1C(C)=N. The molecule has 0 amide bonds. The lowest BCUT2D eigenvalue weighted by Crippen LogP contribution is -2.21. The Morgan fingerprint density at radius 3 is 2.18 bits per heavy atom. The van der Waals surface area contributed by atoms with Gasteiger partial charge in [0.05, 0.1) is 17.1 Å². The van der Waals surface area contributed by atoms with Crippen molar-refractivity contribution in [2.24, 2.45) is 0 Å². The van der Waals surface area contributed by atoms with Crippen LogP contribution in [-0.4, -0.2) is 21.7 Å². The summed E-state index contributed by atoms with van der Waals surface area (Å²) >= 11 is 0. The van der Waals surface area contributed by atoms with E-state index in [1.54, 1.807) is 6.92 Å². The molecule has 0 aliphatic heterocycles. The van der Waals surface area contributed by atoms with Crippen LogP contribution >= 0.6 is 0 Å². The fourth-order valence-corrected chi connectivity index (χ4v) is 1.65. The van der Waals surface area contributed by atoms with Crippen molar-refractivity contribution in [2.75, 3.05) is 5.32 Å². The van der Waals surface area contributed by atoms with Gasteiger partial charge in [-0.05, 0) is 33.6 Å². The van der Waals surface area contributed by atoms with Crippen LogP contribution in [0.25, 0.3) is 0 Å². The third-order valence-electron chi connectivity index (χ3n) is 2.99. The van der Waals surface area contributed by atoms with Crippen LogP contribution in [0.15, 0.2) is 0 Å². The van der Waals surface area contributed by atoms with Crippen LogP contribution in [0.3, 0.4) is 0 Å². The molecule has 0 saturated heterocycles. The van der Waals surface area contributed by atoms with Crippen LogP contribution in [-0.2, 0) is 0 Å². The highest BCUT2D eigenvalue weighted by Crippen LogP contribution is 2.16. The molecule has 0 radical (unpaired) electrons. The Morgan fingerprint density at radius 1 is 1.18 bits per heavy atom. The van der Waals surface area contributed by atoms with Crippen LogP contribution in [0.2, 0.25) is 0 Å². The molecule has 4 heteroatoms. The van der Waals surface area contributed by atoms with Crippen LogP contribution in [0.5, 0.6) is 0 Å². The summed E-state index contributed by atoms with van der Waals surface area (Å²) < 4.78 is 0. The summed E-state index contributed by atoms with van der Waals surface area (Å²) in [5.74, 6) is 0.745. The lowest BCUT2D eigenvalue weighted by Gasteiger charge is -2.18. The Bertz CT molecular complexity index is 408. The summed E-state index contributed by atoms with van der Waals surface area (Å²) in [6, 6.07) is 0.393. The Morgan fingerprint density at radius 2 is 1.71 bits per heavy atom. The molecule has 0 atom stereocenters. The molecule has 0 spiro atoms. The fraction of sp³-hybridized carbons (Fsp3) is 0.615. The summed E-state index contributed by atoms with van der Waals surface area (Å²) in [4.78, 5) is 8.96. The van der Waals surface area contributed by atoms with E-state index in [9.17, 15) is 0 Å². The first-order chi connectivity index (χ1) is 7.99. The van der Waals surface area contributed by atoms with Gasteiger partial charge < -0.3 is 10.7 Å². The maximum Gasteiger partial charge on any atom is 0.154 e. The van der Waals surface area contributed by atoms with E-state index in [2.05, 4.69) is 29.1 Å². The summed E-state index contributed by atoms with van der Waals surface area (Å²) in [6.45, 7) is 9.91. The number of anilines is 1. The van der Waals surface area contributed by atoms with Gasteiger partial charge in [0, 0.05) is 6.04 Å². The molecule has 94 valence electrons. The topological polar surface area (TPSA) is 61.7 Å². The number of nitrogens with zero attached hydrogens (tertiary/aromatic N) is 2. The smallest absolute Gasteiger partial charge is 0.154 e. The quantitative estimate of drug-likeness (QED) is 0.770. The molecule has 1 rings (SSSR count). The largest absolute Gasteiger partial charge is 0.366 e. The maximum atomic E-state index is 7.76. The zero-order valence-corrected chi connectivity index (χ0v) is 11.4. The number of rotatable bonds is 5. The second-order valence-corrected chi connectivity index (χ2v) is 4.37. The fourth-order valence-electron chi connectivity index (χ4n) is 1.65. The summed E-state index contributed by atoms with van der Waals surface area (Å²) in [7, 11) is 0. The number of hydrogen-bond acceptors (Lipinski definition) is 4. The van der Waals surface area contributed by atoms with Crippen molar-refractivity contribution in [2.45, 2.75) is 53.5 Å². The molecule has 1 aromatic rings. The Kier molecular flexibility index (Phi) is 4.61. The molecule has 1 aromatic heterocycles. The number of aromatic nitrogens is 2. The normalized spacial score (nSPS) is 10.7. The van der Waals surface area contributed by atoms with Gasteiger partial charge in [-0.25, -0.2) is 9.97 Å². The van der Waals surface area contributed by atoms with E-state index < -0.39 is 0 Å². The van der Waals surface area contributed by atoms with E-state index in [1.165, 1.54) is 0 Å². The van der Waals surface area contributed by atoms with Crippen molar-refractivity contribution in [1.29, 1.82) is 5.41 Å². The van der Waals surface area contributed by atoms with Crippen molar-refractivity contribution in [3.8, 4) is 0 Å². The first-order valence-corrected chi connectivity index (χ1v) is 6.16. The van der Waals surface area contributed by atoms with E-state index in [1.807, 2.05) is 13.8 Å². The highest BCUT2D eigenvalue weighted by molar-refractivity contribution is 5.98. The number of hydrogen-bond donors (Lipinski definition) is 2. The van der Waals surface area contributed by atoms with Gasteiger partial charge in [-0.1, -0.05) is 13.8 Å². The summed E-state index contributed by atoms with van der Waals surface area (Å²) in [5.41, 5.74) is 2.93. The molecule has 0 aromatic carbocycles. The molecule has 1 heterocycles. The molecule has 0 aliphatic rings. The lowest BCUT2D eigenvalue weighted by atomic mass is 10.1. The zero-order chi connectivity index (χ0) is 13.0. The van der Waals surface area contributed by atoms with Gasteiger partial charge in [0.25, 0.3) is 0 Å². The molecule has 0 aliphatic carbocycles. The Balaban J connectivity index is 3.12. The highest BCUT2D eigenvalue weighted by Gasteiger charge is 2.13. The van der Waals surface area contributed by atoms with Crippen molar-refractivity contribution in [3.05, 3.63) is 17.1 Å². The molecule has 2 N–H and O–H groups in total. The zero-order valence-electron chi connectivity index (χ0n) is 11.4. The predicted molar refractivity (Wildman–Crippen MR) is 72.0 cm³/mol. The summed E-state index contributed by atoms with van der Waals surface area (Å²) in [5, 5.41) is 11.1. The van der Waals surface area contributed by atoms with E-state index in [4.69, 9.17) is 5.41 Å². The molecule has 0 bridgehead atoms. The minimum absolute atomic E-state index is 0.393. The van der Waals surface area contributed by atoms with Crippen LogP contribution in [0.1, 0.15) is 50.7 Å². The van der Waals surface area contributed by atoms with Gasteiger partial charge in [0.15, 0.2) is 5.82 Å². The van der Waals surface area contributed by atoms with Gasteiger partial charge in [0.2, 0.25) is 0 Å². The second kappa shape index (κ2) is 5.75. The maximum absolute atomic E-state index is 7.76. The average molecular weight is 234 g/mol. The lowest BCUT2D eigenvalue weighted by molar-refractivity contribution is 0.667. The first kappa shape index (κ1) is 13.6. The number of aryl methyl sites for hydroxylation is 2. The van der Waals surface area contributed by atoms with Gasteiger partial charge in [0.1, 0.15) is 5.69 Å². The van der Waals surface area contributed by atoms with Crippen LogP contribution < -0.4 is 5.32 Å². The van der Waals surface area contributed by atoms with Gasteiger partial charge >= 0.3 is 0 Å². The van der Waals surface area contributed by atoms with Gasteiger partial charge in [-0.3, -0.25) is 0 Å². The van der Waals surface area contributed by atoms with Gasteiger partial charge in [-0.2, -0.15) is 0 Å². The van der Waals surface area contributed by atoms with Crippen molar-refractivity contribution in [3.63, 3.8) is 0 Å². The number of nitrogens with one attached hydrogen (secondary N) is 2. The van der Waals surface area contributed by atoms with Crippen LogP contribution in [0.4, 0.5) is 5.82 Å². The molecule has 0 fully saturated rings. The predicted octanol–water partition coefficient (Wildman–Crippen LogP) is 3.08. The molecule has 17 heavy (non-hydrogen) atoms. The average Bonchev–Trinajstić information content (AvgIpc) is 2.29. The van der Waals surface area contributed by atoms with Gasteiger partial charge in [-0.15, -0.1) is 0 Å². The van der Waals surface area contributed by atoms with E-state index >= 15 is 0 Å². The third kappa shape index (κ3) is 3.25. The van der Waals surface area contributed by atoms with E-state index in [-0.39, 0.29) is 0 Å². The van der Waals surface area contributed by atoms with Crippen molar-refractivity contribution >= 4 is 11.5 Å².